The van der Waals surface area contributed by atoms with Crippen LogP contribution in [0.2, 0.25) is 0 Å². The van der Waals surface area contributed by atoms with E-state index in [1.54, 1.807) is 0 Å². The van der Waals surface area contributed by atoms with Crippen molar-refractivity contribution in [2.45, 2.75) is 77.7 Å². The molecule has 0 radical (unpaired) electrons. The Morgan fingerprint density at radius 3 is 2.40 bits per heavy atom. The molecule has 3 nitrogen and oxygen atoms in total. The second kappa shape index (κ2) is 6.34. The number of hydrogen-bond donors (Lipinski definition) is 2. The van der Waals surface area contributed by atoms with Crippen LogP contribution in [0.15, 0.2) is 4.99 Å². The highest BCUT2D eigenvalue weighted by atomic mass is 16.3. The van der Waals surface area contributed by atoms with Crippen LogP contribution in [0.3, 0.4) is 0 Å². The molecule has 8 atom stereocenters. The van der Waals surface area contributed by atoms with Crippen molar-refractivity contribution >= 4 is 5.71 Å². The van der Waals surface area contributed by atoms with E-state index in [0.717, 1.165) is 42.2 Å². The Hall–Kier alpha value is -0.410. The molecule has 0 aliphatic heterocycles. The monoisotopic (exact) mass is 347 g/mol. The van der Waals surface area contributed by atoms with E-state index in [0.29, 0.717) is 16.7 Å². The third kappa shape index (κ3) is 2.56. The molecule has 4 fully saturated rings. The molecule has 4 saturated carbocycles. The molecule has 25 heavy (non-hydrogen) atoms. The maximum Gasteiger partial charge on any atom is 0.0812 e. The van der Waals surface area contributed by atoms with Gasteiger partial charge in [-0.1, -0.05) is 13.8 Å². The van der Waals surface area contributed by atoms with E-state index in [-0.39, 0.29) is 12.7 Å². The number of rotatable bonds is 2. The van der Waals surface area contributed by atoms with Crippen molar-refractivity contribution in [1.29, 1.82) is 0 Å². The normalized spacial score (nSPS) is 53.1. The Bertz CT molecular complexity index is 546. The van der Waals surface area contributed by atoms with E-state index in [9.17, 15) is 10.2 Å². The van der Waals surface area contributed by atoms with Crippen molar-refractivity contribution in [3.8, 4) is 0 Å². The molecule has 0 aromatic rings. The fraction of sp³-hybridized carbons (Fsp3) is 0.955. The molecule has 142 valence electrons. The summed E-state index contributed by atoms with van der Waals surface area (Å²) in [4.78, 5) is 4.46. The van der Waals surface area contributed by atoms with E-state index in [1.165, 1.54) is 44.9 Å². The molecule has 0 saturated heterocycles. The molecule has 0 aromatic heterocycles. The molecule has 4 aliphatic rings. The van der Waals surface area contributed by atoms with Gasteiger partial charge in [-0.05, 0) is 92.3 Å². The first-order valence-electron chi connectivity index (χ1n) is 10.7. The van der Waals surface area contributed by atoms with E-state index in [4.69, 9.17) is 0 Å². The van der Waals surface area contributed by atoms with Gasteiger partial charge in [0.1, 0.15) is 0 Å². The zero-order valence-electron chi connectivity index (χ0n) is 16.4. The summed E-state index contributed by atoms with van der Waals surface area (Å²) in [5.41, 5.74) is 1.85. The lowest BCUT2D eigenvalue weighted by atomic mass is 9.44. The standard InChI is InChI=1S/C22H37NO2/c1-21-10-8-15(25)12-14(21)4-5-16-17-6-7-19(20(13-24)23-3)22(17,2)11-9-18(16)21/h14-19,24-25H,4-13H2,1-3H3/b23-20+/t14-,15+,16-,17-,18-,19+,21-,22-/m0/s1. The van der Waals surface area contributed by atoms with E-state index < -0.39 is 0 Å². The van der Waals surface area contributed by atoms with Crippen molar-refractivity contribution in [3.63, 3.8) is 0 Å². The fourth-order valence-electron chi connectivity index (χ4n) is 8.12. The minimum absolute atomic E-state index is 0.0489. The molecule has 2 N–H and O–H groups in total. The van der Waals surface area contributed by atoms with Gasteiger partial charge in [-0.3, -0.25) is 4.99 Å². The Balaban J connectivity index is 1.60. The van der Waals surface area contributed by atoms with Crippen LogP contribution < -0.4 is 0 Å². The highest BCUT2D eigenvalue weighted by Gasteiger charge is 2.60. The van der Waals surface area contributed by atoms with Crippen LogP contribution in [0, 0.1) is 40.4 Å². The minimum atomic E-state index is -0.0489. The molecular formula is C22H37NO2. The molecule has 4 aliphatic carbocycles. The third-order valence-corrected chi connectivity index (χ3v) is 9.49. The van der Waals surface area contributed by atoms with Gasteiger partial charge in [0.15, 0.2) is 0 Å². The number of fused-ring (bicyclic) bond motifs is 5. The smallest absolute Gasteiger partial charge is 0.0812 e. The van der Waals surface area contributed by atoms with Crippen LogP contribution in [0.1, 0.15) is 71.6 Å². The van der Waals surface area contributed by atoms with Crippen molar-refractivity contribution in [3.05, 3.63) is 0 Å². The Kier molecular flexibility index (Phi) is 4.56. The van der Waals surface area contributed by atoms with Gasteiger partial charge < -0.3 is 10.2 Å². The lowest BCUT2D eigenvalue weighted by Crippen LogP contribution is -2.54. The molecule has 0 spiro atoms. The van der Waals surface area contributed by atoms with Crippen molar-refractivity contribution in [2.24, 2.45) is 45.4 Å². The largest absolute Gasteiger partial charge is 0.393 e. The molecule has 0 aromatic carbocycles. The van der Waals surface area contributed by atoms with E-state index in [1.807, 2.05) is 7.05 Å². The molecule has 0 bridgehead atoms. The van der Waals surface area contributed by atoms with Crippen LogP contribution in [-0.2, 0) is 0 Å². The fourth-order valence-corrected chi connectivity index (χ4v) is 8.12. The summed E-state index contributed by atoms with van der Waals surface area (Å²) in [7, 11) is 1.85. The zero-order chi connectivity index (χ0) is 17.8. The van der Waals surface area contributed by atoms with Gasteiger partial charge >= 0.3 is 0 Å². The summed E-state index contributed by atoms with van der Waals surface area (Å²) in [6, 6.07) is 0. The first-order chi connectivity index (χ1) is 11.9. The van der Waals surface area contributed by atoms with Gasteiger partial charge in [0.2, 0.25) is 0 Å². The second-order valence-electron chi connectivity index (χ2n) is 10.1. The summed E-state index contributed by atoms with van der Waals surface area (Å²) in [5, 5.41) is 20.0. The zero-order valence-corrected chi connectivity index (χ0v) is 16.4. The SMILES string of the molecule is C/N=C(\CO)[C@H]1CC[C@H]2[C@@H]3CC[C@H]4C[C@H](O)CC[C@]4(C)[C@H]3CC[C@]12C. The van der Waals surface area contributed by atoms with Gasteiger partial charge in [-0.15, -0.1) is 0 Å². The lowest BCUT2D eigenvalue weighted by Gasteiger charge is -2.61. The molecule has 0 amide bonds. The van der Waals surface area contributed by atoms with Crippen LogP contribution in [0.4, 0.5) is 0 Å². The highest BCUT2D eigenvalue weighted by Crippen LogP contribution is 2.67. The van der Waals surface area contributed by atoms with Gasteiger partial charge in [-0.25, -0.2) is 0 Å². The summed E-state index contributed by atoms with van der Waals surface area (Å²) in [6.07, 6.45) is 11.1. The van der Waals surface area contributed by atoms with Crippen molar-refractivity contribution < 1.29 is 10.2 Å². The quantitative estimate of drug-likeness (QED) is 0.740. The van der Waals surface area contributed by atoms with E-state index >= 15 is 0 Å². The Labute approximate surface area is 153 Å². The predicted octanol–water partition coefficient (Wildman–Crippen LogP) is 4.07. The van der Waals surface area contributed by atoms with Gasteiger partial charge in [-0.2, -0.15) is 0 Å². The number of nitrogens with zero attached hydrogens (tertiary/aromatic N) is 1. The third-order valence-electron chi connectivity index (χ3n) is 9.49. The van der Waals surface area contributed by atoms with Crippen molar-refractivity contribution in [2.75, 3.05) is 13.7 Å². The average molecular weight is 348 g/mol. The highest BCUT2D eigenvalue weighted by molar-refractivity contribution is 5.88. The molecular weight excluding hydrogens is 310 g/mol. The first-order valence-corrected chi connectivity index (χ1v) is 10.7. The van der Waals surface area contributed by atoms with Gasteiger partial charge in [0, 0.05) is 18.7 Å². The number of aliphatic imine (C=N–C) groups is 1. The molecule has 3 heteroatoms. The van der Waals surface area contributed by atoms with Gasteiger partial charge in [0.25, 0.3) is 0 Å². The molecule has 0 unspecified atom stereocenters. The van der Waals surface area contributed by atoms with Crippen LogP contribution in [0.5, 0.6) is 0 Å². The average Bonchev–Trinajstić information content (AvgIpc) is 2.94. The van der Waals surface area contributed by atoms with Gasteiger partial charge in [0.05, 0.1) is 12.7 Å². The Morgan fingerprint density at radius 2 is 1.68 bits per heavy atom. The molecule has 0 heterocycles. The number of aliphatic hydroxyl groups is 2. The second-order valence-corrected chi connectivity index (χ2v) is 10.1. The number of aliphatic hydroxyl groups excluding tert-OH is 2. The maximum absolute atomic E-state index is 10.2. The predicted molar refractivity (Wildman–Crippen MR) is 102 cm³/mol. The van der Waals surface area contributed by atoms with Crippen molar-refractivity contribution in [1.82, 2.24) is 0 Å². The maximum atomic E-state index is 10.2. The summed E-state index contributed by atoms with van der Waals surface area (Å²) >= 11 is 0. The van der Waals surface area contributed by atoms with Crippen LogP contribution in [0.25, 0.3) is 0 Å². The summed E-state index contributed by atoms with van der Waals surface area (Å²) in [6.45, 7) is 5.20. The summed E-state index contributed by atoms with van der Waals surface area (Å²) in [5.74, 6) is 3.75. The lowest BCUT2D eigenvalue weighted by molar-refractivity contribution is -0.123. The topological polar surface area (TPSA) is 52.8 Å². The summed E-state index contributed by atoms with van der Waals surface area (Å²) < 4.78 is 0. The molecule has 4 rings (SSSR count). The Morgan fingerprint density at radius 1 is 0.960 bits per heavy atom. The van der Waals surface area contributed by atoms with Crippen LogP contribution in [-0.4, -0.2) is 35.7 Å². The number of hydrogen-bond acceptors (Lipinski definition) is 3. The van der Waals surface area contributed by atoms with E-state index in [2.05, 4.69) is 18.8 Å². The van der Waals surface area contributed by atoms with Crippen LogP contribution >= 0.6 is 0 Å². The minimum Gasteiger partial charge on any atom is -0.393 e. The first kappa shape index (κ1) is 18.0.